The van der Waals surface area contributed by atoms with Crippen molar-refractivity contribution in [3.8, 4) is 0 Å². The molecule has 112 valence electrons. The highest BCUT2D eigenvalue weighted by Gasteiger charge is 2.25. The molecule has 0 aliphatic carbocycles. The molecule has 3 N–H and O–H groups in total. The molecular weight excluding hydrogens is 273 g/mol. The van der Waals surface area contributed by atoms with E-state index in [1.165, 1.54) is 24.3 Å². The van der Waals surface area contributed by atoms with Crippen molar-refractivity contribution in [3.05, 3.63) is 52.6 Å². The fraction of sp³-hybridized carbons (Fsp3) is 0.333. The highest BCUT2D eigenvalue weighted by atomic mass is 19.1. The Balaban J connectivity index is 2.08. The van der Waals surface area contributed by atoms with Crippen LogP contribution >= 0.6 is 0 Å². The number of halogens is 1. The van der Waals surface area contributed by atoms with Crippen molar-refractivity contribution in [2.45, 2.75) is 26.4 Å². The lowest BCUT2D eigenvalue weighted by molar-refractivity contribution is 0.0525. The molecule has 0 fully saturated rings. The highest BCUT2D eigenvalue weighted by Crippen LogP contribution is 2.20. The topological polar surface area (TPSA) is 78.0 Å². The number of nitrogens with one attached hydrogen (secondary N) is 2. The van der Waals surface area contributed by atoms with Crippen LogP contribution in [0.1, 0.15) is 34.2 Å². The number of aromatic nitrogens is 2. The number of carbonyl (C=O) groups excluding carboxylic acids is 1. The van der Waals surface area contributed by atoms with Gasteiger partial charge in [-0.3, -0.25) is 9.89 Å². The lowest BCUT2D eigenvalue weighted by Gasteiger charge is -2.24. The van der Waals surface area contributed by atoms with Crippen molar-refractivity contribution in [1.29, 1.82) is 0 Å². The zero-order valence-corrected chi connectivity index (χ0v) is 12.2. The second-order valence-corrected chi connectivity index (χ2v) is 5.27. The van der Waals surface area contributed by atoms with Gasteiger partial charge in [-0.05, 0) is 38.5 Å². The Morgan fingerprint density at radius 2 is 2.00 bits per heavy atom. The molecule has 0 aliphatic rings. The SMILES string of the molecule is Cc1n[nH]c(C)c1C(=O)NCC(C)(O)c1ccc(F)cc1. The summed E-state index contributed by atoms with van der Waals surface area (Å²) in [7, 11) is 0. The number of aromatic amines is 1. The average Bonchev–Trinajstić information content (AvgIpc) is 2.76. The number of aryl methyl sites for hydroxylation is 2. The molecule has 2 aromatic rings. The average molecular weight is 291 g/mol. The van der Waals surface area contributed by atoms with Gasteiger partial charge in [-0.1, -0.05) is 12.1 Å². The van der Waals surface area contributed by atoms with Crippen LogP contribution in [0.2, 0.25) is 0 Å². The third kappa shape index (κ3) is 3.28. The van der Waals surface area contributed by atoms with Gasteiger partial charge in [0.25, 0.3) is 5.91 Å². The summed E-state index contributed by atoms with van der Waals surface area (Å²) < 4.78 is 12.9. The highest BCUT2D eigenvalue weighted by molar-refractivity contribution is 5.96. The Hall–Kier alpha value is -2.21. The predicted molar refractivity (Wildman–Crippen MR) is 76.4 cm³/mol. The number of hydrogen-bond donors (Lipinski definition) is 3. The molecule has 0 radical (unpaired) electrons. The number of carbonyl (C=O) groups is 1. The molecule has 1 aromatic carbocycles. The summed E-state index contributed by atoms with van der Waals surface area (Å²) in [5.41, 5.74) is 1.00. The summed E-state index contributed by atoms with van der Waals surface area (Å²) in [6.07, 6.45) is 0. The van der Waals surface area contributed by atoms with Crippen molar-refractivity contribution >= 4 is 5.91 Å². The van der Waals surface area contributed by atoms with Gasteiger partial charge in [0, 0.05) is 5.69 Å². The minimum atomic E-state index is -1.28. The normalized spacial score (nSPS) is 13.8. The lowest BCUT2D eigenvalue weighted by atomic mass is 9.96. The number of hydrogen-bond acceptors (Lipinski definition) is 3. The van der Waals surface area contributed by atoms with Gasteiger partial charge in [0.2, 0.25) is 0 Å². The standard InChI is InChI=1S/C15H18FN3O2/c1-9-13(10(2)19-18-9)14(20)17-8-15(3,21)11-4-6-12(16)7-5-11/h4-7,21H,8H2,1-3H3,(H,17,20)(H,18,19). The van der Waals surface area contributed by atoms with Gasteiger partial charge in [-0.15, -0.1) is 0 Å². The maximum Gasteiger partial charge on any atom is 0.255 e. The number of aliphatic hydroxyl groups is 1. The third-order valence-corrected chi connectivity index (χ3v) is 3.41. The molecule has 0 spiro atoms. The number of rotatable bonds is 4. The maximum atomic E-state index is 12.9. The first-order chi connectivity index (χ1) is 9.81. The molecule has 6 heteroatoms. The lowest BCUT2D eigenvalue weighted by Crippen LogP contribution is -2.38. The van der Waals surface area contributed by atoms with Gasteiger partial charge in [0.1, 0.15) is 11.4 Å². The second kappa shape index (κ2) is 5.65. The maximum absolute atomic E-state index is 12.9. The van der Waals surface area contributed by atoms with Crippen LogP contribution in [0.15, 0.2) is 24.3 Å². The Morgan fingerprint density at radius 3 is 2.52 bits per heavy atom. The molecular formula is C15H18FN3O2. The zero-order chi connectivity index (χ0) is 15.6. The van der Waals surface area contributed by atoms with Crippen molar-refractivity contribution < 1.29 is 14.3 Å². The van der Waals surface area contributed by atoms with E-state index in [2.05, 4.69) is 15.5 Å². The van der Waals surface area contributed by atoms with Crippen molar-refractivity contribution in [1.82, 2.24) is 15.5 Å². The number of amides is 1. The Bertz CT molecular complexity index is 628. The monoisotopic (exact) mass is 291 g/mol. The van der Waals surface area contributed by atoms with Crippen molar-refractivity contribution in [2.75, 3.05) is 6.54 Å². The predicted octanol–water partition coefficient (Wildman–Crippen LogP) is 1.80. The van der Waals surface area contributed by atoms with Crippen LogP contribution in [0.3, 0.4) is 0 Å². The van der Waals surface area contributed by atoms with Crippen LogP contribution in [0, 0.1) is 19.7 Å². The van der Waals surface area contributed by atoms with Gasteiger partial charge in [-0.2, -0.15) is 5.10 Å². The molecule has 5 nitrogen and oxygen atoms in total. The Morgan fingerprint density at radius 1 is 1.38 bits per heavy atom. The molecule has 0 saturated carbocycles. The number of nitrogens with zero attached hydrogens (tertiary/aromatic N) is 1. The van der Waals surface area contributed by atoms with Crippen LogP contribution in [0.5, 0.6) is 0 Å². The Labute approximate surface area is 122 Å². The van der Waals surface area contributed by atoms with Gasteiger partial charge in [0.15, 0.2) is 0 Å². The minimum absolute atomic E-state index is 0.0154. The van der Waals surface area contributed by atoms with Crippen molar-refractivity contribution in [3.63, 3.8) is 0 Å². The van der Waals surface area contributed by atoms with E-state index in [0.29, 0.717) is 22.5 Å². The molecule has 0 saturated heterocycles. The third-order valence-electron chi connectivity index (χ3n) is 3.41. The van der Waals surface area contributed by atoms with E-state index in [-0.39, 0.29) is 18.3 Å². The number of H-pyrrole nitrogens is 1. The molecule has 2 rings (SSSR count). The summed E-state index contributed by atoms with van der Waals surface area (Å²) in [6, 6.07) is 5.54. The first-order valence-electron chi connectivity index (χ1n) is 6.59. The Kier molecular flexibility index (Phi) is 4.09. The summed E-state index contributed by atoms with van der Waals surface area (Å²) in [4.78, 5) is 12.1. The zero-order valence-electron chi connectivity index (χ0n) is 12.2. The van der Waals surface area contributed by atoms with E-state index in [0.717, 1.165) is 0 Å². The molecule has 0 bridgehead atoms. The van der Waals surface area contributed by atoms with Crippen LogP contribution in [0.4, 0.5) is 4.39 Å². The molecule has 1 heterocycles. The van der Waals surface area contributed by atoms with E-state index in [1.807, 2.05) is 0 Å². The van der Waals surface area contributed by atoms with Crippen LogP contribution < -0.4 is 5.32 Å². The summed E-state index contributed by atoms with van der Waals surface area (Å²) in [5, 5.41) is 19.8. The minimum Gasteiger partial charge on any atom is -0.384 e. The molecule has 1 amide bonds. The van der Waals surface area contributed by atoms with E-state index in [1.54, 1.807) is 20.8 Å². The van der Waals surface area contributed by atoms with Crippen LogP contribution in [-0.2, 0) is 5.60 Å². The number of benzene rings is 1. The fourth-order valence-electron chi connectivity index (χ4n) is 2.14. The van der Waals surface area contributed by atoms with Gasteiger partial charge < -0.3 is 10.4 Å². The molecule has 0 aliphatic heterocycles. The molecule has 21 heavy (non-hydrogen) atoms. The molecule has 1 atom stereocenters. The molecule has 1 unspecified atom stereocenters. The van der Waals surface area contributed by atoms with Gasteiger partial charge >= 0.3 is 0 Å². The second-order valence-electron chi connectivity index (χ2n) is 5.27. The van der Waals surface area contributed by atoms with E-state index in [4.69, 9.17) is 0 Å². The fourth-order valence-corrected chi connectivity index (χ4v) is 2.14. The van der Waals surface area contributed by atoms with Crippen molar-refractivity contribution in [2.24, 2.45) is 0 Å². The first kappa shape index (κ1) is 15.2. The van der Waals surface area contributed by atoms with Crippen LogP contribution in [-0.4, -0.2) is 27.8 Å². The van der Waals surface area contributed by atoms with Gasteiger partial charge in [0.05, 0.1) is 17.8 Å². The summed E-state index contributed by atoms with van der Waals surface area (Å²) in [5.74, 6) is -0.677. The van der Waals surface area contributed by atoms with Crippen LogP contribution in [0.25, 0.3) is 0 Å². The van der Waals surface area contributed by atoms with E-state index < -0.39 is 5.60 Å². The summed E-state index contributed by atoms with van der Waals surface area (Å²) >= 11 is 0. The smallest absolute Gasteiger partial charge is 0.255 e. The summed E-state index contributed by atoms with van der Waals surface area (Å²) in [6.45, 7) is 5.07. The van der Waals surface area contributed by atoms with Gasteiger partial charge in [-0.25, -0.2) is 4.39 Å². The first-order valence-corrected chi connectivity index (χ1v) is 6.59. The molecule has 1 aromatic heterocycles. The van der Waals surface area contributed by atoms with E-state index >= 15 is 0 Å². The quantitative estimate of drug-likeness (QED) is 0.804. The largest absolute Gasteiger partial charge is 0.384 e. The van der Waals surface area contributed by atoms with E-state index in [9.17, 15) is 14.3 Å².